The second-order valence-electron chi connectivity index (χ2n) is 8.70. The fourth-order valence-electron chi connectivity index (χ4n) is 4.41. The molecule has 0 aliphatic carbocycles. The number of fused-ring (bicyclic) bond motifs is 1. The Balaban J connectivity index is 1.35. The predicted molar refractivity (Wildman–Crippen MR) is 123 cm³/mol. The van der Waals surface area contributed by atoms with E-state index >= 15 is 0 Å². The van der Waals surface area contributed by atoms with E-state index in [-0.39, 0.29) is 24.2 Å². The standard InChI is InChI=1S/C26H22F4N4O2/c27-20-10-7-17(8-11-20)16-36-22-6-2-1-5-21(22)25(35)33-13-3-4-18(14-33)24-32-31-23-12-9-19(15-34(23)24)26(28,29)30/h1-2,5-12,15,18H,3-4,13-14,16H2/t18-/m1/s1. The van der Waals surface area contributed by atoms with Crippen LogP contribution in [0.5, 0.6) is 5.75 Å². The Morgan fingerprint density at radius 2 is 1.81 bits per heavy atom. The lowest BCUT2D eigenvalue weighted by molar-refractivity contribution is -0.137. The van der Waals surface area contributed by atoms with Crippen molar-refractivity contribution in [3.63, 3.8) is 0 Å². The molecule has 1 amide bonds. The lowest BCUT2D eigenvalue weighted by Gasteiger charge is -2.32. The first-order valence-electron chi connectivity index (χ1n) is 11.5. The van der Waals surface area contributed by atoms with Crippen molar-refractivity contribution in [1.82, 2.24) is 19.5 Å². The summed E-state index contributed by atoms with van der Waals surface area (Å²) >= 11 is 0. The van der Waals surface area contributed by atoms with Crippen molar-refractivity contribution in [3.8, 4) is 5.75 Å². The maximum absolute atomic E-state index is 13.4. The van der Waals surface area contributed by atoms with Gasteiger partial charge in [0.25, 0.3) is 5.91 Å². The topological polar surface area (TPSA) is 59.7 Å². The van der Waals surface area contributed by atoms with E-state index < -0.39 is 11.7 Å². The van der Waals surface area contributed by atoms with E-state index in [2.05, 4.69) is 10.2 Å². The minimum atomic E-state index is -4.48. The third kappa shape index (κ3) is 4.89. The molecule has 6 nitrogen and oxygen atoms in total. The number of halogens is 4. The van der Waals surface area contributed by atoms with Crippen LogP contribution in [0.4, 0.5) is 17.6 Å². The lowest BCUT2D eigenvalue weighted by atomic mass is 9.96. The Hall–Kier alpha value is -3.95. The highest BCUT2D eigenvalue weighted by Gasteiger charge is 2.33. The maximum Gasteiger partial charge on any atom is 0.417 e. The van der Waals surface area contributed by atoms with Crippen LogP contribution in [0.25, 0.3) is 5.65 Å². The van der Waals surface area contributed by atoms with Gasteiger partial charge in [0.2, 0.25) is 0 Å². The van der Waals surface area contributed by atoms with Gasteiger partial charge < -0.3 is 9.64 Å². The van der Waals surface area contributed by atoms with Crippen LogP contribution in [0, 0.1) is 5.82 Å². The number of ether oxygens (including phenoxy) is 1. The Labute approximate surface area is 204 Å². The van der Waals surface area contributed by atoms with E-state index in [1.807, 2.05) is 0 Å². The largest absolute Gasteiger partial charge is 0.488 e. The van der Waals surface area contributed by atoms with Crippen LogP contribution in [0.15, 0.2) is 66.9 Å². The van der Waals surface area contributed by atoms with Gasteiger partial charge in [-0.05, 0) is 54.8 Å². The molecule has 1 fully saturated rings. The van der Waals surface area contributed by atoms with Gasteiger partial charge in [-0.3, -0.25) is 9.20 Å². The van der Waals surface area contributed by atoms with Crippen molar-refractivity contribution in [1.29, 1.82) is 0 Å². The van der Waals surface area contributed by atoms with Crippen LogP contribution >= 0.6 is 0 Å². The first-order valence-corrected chi connectivity index (χ1v) is 11.5. The fourth-order valence-corrected chi connectivity index (χ4v) is 4.41. The Morgan fingerprint density at radius 3 is 2.58 bits per heavy atom. The molecule has 10 heteroatoms. The van der Waals surface area contributed by atoms with Crippen molar-refractivity contribution < 1.29 is 27.1 Å². The summed E-state index contributed by atoms with van der Waals surface area (Å²) < 4.78 is 60.1. The molecule has 2 aromatic heterocycles. The van der Waals surface area contributed by atoms with E-state index in [9.17, 15) is 22.4 Å². The predicted octanol–water partition coefficient (Wildman–Crippen LogP) is 5.49. The Morgan fingerprint density at radius 1 is 1.03 bits per heavy atom. The summed E-state index contributed by atoms with van der Waals surface area (Å²) in [6.07, 6.45) is -2.14. The summed E-state index contributed by atoms with van der Waals surface area (Å²) in [6, 6.07) is 15.1. The highest BCUT2D eigenvalue weighted by Crippen LogP contribution is 2.32. The molecule has 1 saturated heterocycles. The highest BCUT2D eigenvalue weighted by molar-refractivity contribution is 5.97. The van der Waals surface area contributed by atoms with Gasteiger partial charge in [-0.15, -0.1) is 10.2 Å². The van der Waals surface area contributed by atoms with Gasteiger partial charge in [-0.1, -0.05) is 24.3 Å². The van der Waals surface area contributed by atoms with Gasteiger partial charge in [0.1, 0.15) is 24.0 Å². The second-order valence-corrected chi connectivity index (χ2v) is 8.70. The molecule has 0 spiro atoms. The zero-order valence-corrected chi connectivity index (χ0v) is 19.1. The van der Waals surface area contributed by atoms with E-state index in [0.29, 0.717) is 48.7 Å². The molecule has 0 radical (unpaired) electrons. The number of para-hydroxylation sites is 1. The maximum atomic E-state index is 13.4. The number of benzene rings is 2. The average Bonchev–Trinajstić information content (AvgIpc) is 3.31. The Kier molecular flexibility index (Phi) is 6.34. The molecule has 1 atom stereocenters. The molecule has 5 rings (SSSR count). The fraction of sp³-hybridized carbons (Fsp3) is 0.269. The number of hydrogen-bond acceptors (Lipinski definition) is 4. The van der Waals surface area contributed by atoms with Crippen LogP contribution in [-0.4, -0.2) is 38.5 Å². The molecule has 0 saturated carbocycles. The minimum absolute atomic E-state index is 0.167. The monoisotopic (exact) mass is 498 g/mol. The van der Waals surface area contributed by atoms with Crippen LogP contribution < -0.4 is 4.74 Å². The molecular weight excluding hydrogens is 476 g/mol. The summed E-state index contributed by atoms with van der Waals surface area (Å²) in [5, 5.41) is 8.17. The normalized spacial score (nSPS) is 16.3. The molecule has 1 aliphatic heterocycles. The molecule has 0 N–H and O–H groups in total. The number of rotatable bonds is 5. The molecule has 1 aliphatic rings. The molecular formula is C26H22F4N4O2. The zero-order chi connectivity index (χ0) is 25.3. The number of pyridine rings is 1. The number of alkyl halides is 3. The molecule has 186 valence electrons. The van der Waals surface area contributed by atoms with Gasteiger partial charge in [0.15, 0.2) is 5.65 Å². The van der Waals surface area contributed by atoms with E-state index in [0.717, 1.165) is 17.8 Å². The van der Waals surface area contributed by atoms with E-state index in [1.165, 1.54) is 22.6 Å². The summed E-state index contributed by atoms with van der Waals surface area (Å²) in [5.74, 6) is -0.0529. The lowest BCUT2D eigenvalue weighted by Crippen LogP contribution is -2.39. The smallest absolute Gasteiger partial charge is 0.417 e. The molecule has 0 bridgehead atoms. The Bertz CT molecular complexity index is 1380. The first kappa shape index (κ1) is 23.8. The SMILES string of the molecule is O=C(c1ccccc1OCc1ccc(F)cc1)N1CCC[C@@H](c2nnc3ccc(C(F)(F)F)cn23)C1. The number of hydrogen-bond donors (Lipinski definition) is 0. The third-order valence-corrected chi connectivity index (χ3v) is 6.25. The summed E-state index contributed by atoms with van der Waals surface area (Å²) in [4.78, 5) is 15.1. The minimum Gasteiger partial charge on any atom is -0.488 e. The zero-order valence-electron chi connectivity index (χ0n) is 19.1. The molecule has 36 heavy (non-hydrogen) atoms. The number of aromatic nitrogens is 3. The molecule has 2 aromatic carbocycles. The molecule has 0 unspecified atom stereocenters. The number of amides is 1. The van der Waals surface area contributed by atoms with Crippen LogP contribution in [0.2, 0.25) is 0 Å². The number of carbonyl (C=O) groups excluding carboxylic acids is 1. The number of carbonyl (C=O) groups is 1. The third-order valence-electron chi connectivity index (χ3n) is 6.25. The van der Waals surface area contributed by atoms with E-state index in [1.54, 1.807) is 41.3 Å². The van der Waals surface area contributed by atoms with Gasteiger partial charge in [-0.25, -0.2) is 4.39 Å². The molecule has 3 heterocycles. The van der Waals surface area contributed by atoms with Gasteiger partial charge in [-0.2, -0.15) is 13.2 Å². The van der Waals surface area contributed by atoms with Crippen molar-refractivity contribution >= 4 is 11.6 Å². The number of nitrogens with zero attached hydrogens (tertiary/aromatic N) is 4. The highest BCUT2D eigenvalue weighted by atomic mass is 19.4. The van der Waals surface area contributed by atoms with Crippen molar-refractivity contribution in [3.05, 3.63) is 95.2 Å². The van der Waals surface area contributed by atoms with Crippen LogP contribution in [0.3, 0.4) is 0 Å². The van der Waals surface area contributed by atoms with Gasteiger partial charge in [0.05, 0.1) is 11.1 Å². The van der Waals surface area contributed by atoms with Crippen LogP contribution in [0.1, 0.15) is 46.1 Å². The van der Waals surface area contributed by atoms with E-state index in [4.69, 9.17) is 4.74 Å². The van der Waals surface area contributed by atoms with Crippen LogP contribution in [-0.2, 0) is 12.8 Å². The van der Waals surface area contributed by atoms with Crippen molar-refractivity contribution in [2.45, 2.75) is 31.5 Å². The second kappa shape index (κ2) is 9.60. The summed E-state index contributed by atoms with van der Waals surface area (Å²) in [6.45, 7) is 0.967. The number of piperidine rings is 1. The summed E-state index contributed by atoms with van der Waals surface area (Å²) in [7, 11) is 0. The average molecular weight is 498 g/mol. The van der Waals surface area contributed by atoms with Gasteiger partial charge >= 0.3 is 6.18 Å². The van der Waals surface area contributed by atoms with Crippen molar-refractivity contribution in [2.75, 3.05) is 13.1 Å². The van der Waals surface area contributed by atoms with Crippen molar-refractivity contribution in [2.24, 2.45) is 0 Å². The summed E-state index contributed by atoms with van der Waals surface area (Å²) in [5.41, 5.74) is 0.673. The quantitative estimate of drug-likeness (QED) is 0.342. The first-order chi connectivity index (χ1) is 17.3. The van der Waals surface area contributed by atoms with Gasteiger partial charge in [0, 0.05) is 25.2 Å². The number of likely N-dealkylation sites (tertiary alicyclic amines) is 1. The molecule has 4 aromatic rings.